The normalized spacial score (nSPS) is 11.7. The topological polar surface area (TPSA) is 94.0 Å². The molecule has 0 radical (unpaired) electrons. The van der Waals surface area contributed by atoms with E-state index in [-0.39, 0.29) is 11.9 Å². The first kappa shape index (κ1) is 22.1. The molecule has 35 heavy (non-hydrogen) atoms. The van der Waals surface area contributed by atoms with Crippen LogP contribution in [-0.2, 0) is 0 Å². The van der Waals surface area contributed by atoms with Crippen LogP contribution in [0, 0.1) is 0 Å². The molecule has 0 spiro atoms. The van der Waals surface area contributed by atoms with E-state index in [0.717, 1.165) is 16.6 Å². The van der Waals surface area contributed by atoms with Crippen molar-refractivity contribution in [2.45, 2.75) is 13.0 Å². The first-order chi connectivity index (χ1) is 17.1. The Bertz CT molecular complexity index is 1480. The monoisotopic (exact) mass is 464 g/mol. The molecule has 2 aromatic heterocycles. The van der Waals surface area contributed by atoms with E-state index in [1.165, 1.54) is 0 Å². The van der Waals surface area contributed by atoms with Crippen LogP contribution in [0.3, 0.4) is 0 Å². The van der Waals surface area contributed by atoms with Crippen molar-refractivity contribution in [2.24, 2.45) is 0 Å². The van der Waals surface area contributed by atoms with Gasteiger partial charge in [-0.15, -0.1) is 0 Å². The standard InChI is InChI=1S/C27H24N6O2/c1-18(19-8-4-3-5-9-19)30-27-28-15-14-25(32-27)33-17-29-22-16-20(12-13-23(22)33)31-26(34)21-10-6-7-11-24(21)35-2/h3-18H,1-2H3,(H,31,34)(H,28,30,32). The maximum atomic E-state index is 12.7. The molecule has 8 heteroatoms. The summed E-state index contributed by atoms with van der Waals surface area (Å²) in [5.41, 5.74) is 3.85. The van der Waals surface area contributed by atoms with Crippen LogP contribution >= 0.6 is 0 Å². The molecule has 5 aromatic rings. The largest absolute Gasteiger partial charge is 0.496 e. The molecule has 0 saturated carbocycles. The molecule has 8 nitrogen and oxygen atoms in total. The summed E-state index contributed by atoms with van der Waals surface area (Å²) in [5.74, 6) is 1.49. The Morgan fingerprint density at radius 1 is 0.971 bits per heavy atom. The summed E-state index contributed by atoms with van der Waals surface area (Å²) >= 11 is 0. The lowest BCUT2D eigenvalue weighted by molar-refractivity contribution is 0.102. The van der Waals surface area contributed by atoms with Crippen molar-refractivity contribution in [1.82, 2.24) is 19.5 Å². The molecule has 0 aliphatic carbocycles. The number of rotatable bonds is 7. The maximum absolute atomic E-state index is 12.7. The molecule has 174 valence electrons. The number of carbonyl (C=O) groups is 1. The third-order valence-corrected chi connectivity index (χ3v) is 5.69. The summed E-state index contributed by atoms with van der Waals surface area (Å²) in [6.07, 6.45) is 3.43. The molecule has 0 bridgehead atoms. The minimum Gasteiger partial charge on any atom is -0.496 e. The Morgan fingerprint density at radius 2 is 1.77 bits per heavy atom. The quantitative estimate of drug-likeness (QED) is 0.342. The molecule has 5 rings (SSSR count). The average Bonchev–Trinajstić information content (AvgIpc) is 3.32. The van der Waals surface area contributed by atoms with Gasteiger partial charge in [-0.3, -0.25) is 9.36 Å². The fourth-order valence-corrected chi connectivity index (χ4v) is 3.88. The highest BCUT2D eigenvalue weighted by atomic mass is 16.5. The van der Waals surface area contributed by atoms with Gasteiger partial charge in [-0.25, -0.2) is 9.97 Å². The molecule has 2 N–H and O–H groups in total. The summed E-state index contributed by atoms with van der Waals surface area (Å²) in [5, 5.41) is 6.27. The molecule has 2 heterocycles. The number of nitrogens with one attached hydrogen (secondary N) is 2. The number of nitrogens with zero attached hydrogens (tertiary/aromatic N) is 4. The van der Waals surface area contributed by atoms with Crippen LogP contribution in [0.2, 0.25) is 0 Å². The zero-order chi connectivity index (χ0) is 24.2. The lowest BCUT2D eigenvalue weighted by Crippen LogP contribution is -2.13. The number of amides is 1. The third-order valence-electron chi connectivity index (χ3n) is 5.69. The number of carbonyl (C=O) groups excluding carboxylic acids is 1. The molecule has 1 amide bonds. The number of ether oxygens (including phenoxy) is 1. The summed E-state index contributed by atoms with van der Waals surface area (Å²) in [4.78, 5) is 26.3. The van der Waals surface area contributed by atoms with Gasteiger partial charge < -0.3 is 15.4 Å². The summed E-state index contributed by atoms with van der Waals surface area (Å²) < 4.78 is 7.18. The second-order valence-corrected chi connectivity index (χ2v) is 7.99. The van der Waals surface area contributed by atoms with Crippen LogP contribution in [0.1, 0.15) is 28.9 Å². The van der Waals surface area contributed by atoms with Crippen molar-refractivity contribution in [3.05, 3.63) is 103 Å². The number of fused-ring (bicyclic) bond motifs is 1. The zero-order valence-electron chi connectivity index (χ0n) is 19.3. The van der Waals surface area contributed by atoms with Crippen molar-refractivity contribution >= 4 is 28.6 Å². The van der Waals surface area contributed by atoms with E-state index in [4.69, 9.17) is 4.74 Å². The SMILES string of the molecule is COc1ccccc1C(=O)Nc1ccc2c(c1)ncn2-c1ccnc(NC(C)c2ccccc2)n1. The number of hydrogen-bond acceptors (Lipinski definition) is 6. The van der Waals surface area contributed by atoms with Crippen molar-refractivity contribution in [3.8, 4) is 11.6 Å². The molecular weight excluding hydrogens is 440 g/mol. The predicted octanol–water partition coefficient (Wildman–Crippen LogP) is 5.25. The predicted molar refractivity (Wildman–Crippen MR) is 136 cm³/mol. The van der Waals surface area contributed by atoms with Gasteiger partial charge in [0.15, 0.2) is 0 Å². The van der Waals surface area contributed by atoms with Gasteiger partial charge in [-0.2, -0.15) is 4.98 Å². The lowest BCUT2D eigenvalue weighted by atomic mass is 10.1. The second kappa shape index (κ2) is 9.64. The van der Waals surface area contributed by atoms with Gasteiger partial charge in [-0.05, 0) is 48.9 Å². The number of aromatic nitrogens is 4. The number of benzene rings is 3. The van der Waals surface area contributed by atoms with Crippen LogP contribution in [0.25, 0.3) is 16.9 Å². The van der Waals surface area contributed by atoms with Crippen LogP contribution in [-0.4, -0.2) is 32.5 Å². The van der Waals surface area contributed by atoms with Gasteiger partial charge in [-0.1, -0.05) is 42.5 Å². The zero-order valence-corrected chi connectivity index (χ0v) is 19.3. The summed E-state index contributed by atoms with van der Waals surface area (Å²) in [6, 6.07) is 24.7. The van der Waals surface area contributed by atoms with E-state index in [2.05, 4.69) is 44.6 Å². The highest BCUT2D eigenvalue weighted by Gasteiger charge is 2.14. The fourth-order valence-electron chi connectivity index (χ4n) is 3.88. The van der Waals surface area contributed by atoms with Crippen LogP contribution in [0.15, 0.2) is 91.4 Å². The fraction of sp³-hybridized carbons (Fsp3) is 0.111. The molecule has 0 saturated heterocycles. The highest BCUT2D eigenvalue weighted by molar-refractivity contribution is 6.06. The molecule has 0 aliphatic heterocycles. The van der Waals surface area contributed by atoms with Crippen molar-refractivity contribution in [3.63, 3.8) is 0 Å². The van der Waals surface area contributed by atoms with E-state index in [9.17, 15) is 4.79 Å². The smallest absolute Gasteiger partial charge is 0.259 e. The van der Waals surface area contributed by atoms with Crippen molar-refractivity contribution in [2.75, 3.05) is 17.7 Å². The highest BCUT2D eigenvalue weighted by Crippen LogP contribution is 2.24. The summed E-state index contributed by atoms with van der Waals surface area (Å²) in [6.45, 7) is 2.07. The van der Waals surface area contributed by atoms with Crippen molar-refractivity contribution in [1.29, 1.82) is 0 Å². The van der Waals surface area contributed by atoms with Gasteiger partial charge in [0, 0.05) is 11.9 Å². The number of imidazole rings is 1. The number of anilines is 2. The van der Waals surface area contributed by atoms with Crippen LogP contribution in [0.5, 0.6) is 5.75 Å². The number of hydrogen-bond donors (Lipinski definition) is 2. The Morgan fingerprint density at radius 3 is 2.60 bits per heavy atom. The third kappa shape index (κ3) is 4.67. The van der Waals surface area contributed by atoms with E-state index in [1.807, 2.05) is 53.1 Å². The van der Waals surface area contributed by atoms with Gasteiger partial charge in [0.1, 0.15) is 17.9 Å². The number of para-hydroxylation sites is 1. The van der Waals surface area contributed by atoms with Gasteiger partial charge in [0.2, 0.25) is 5.95 Å². The Balaban J connectivity index is 1.37. The van der Waals surface area contributed by atoms with Gasteiger partial charge in [0.05, 0.1) is 29.7 Å². The minimum absolute atomic E-state index is 0.0559. The number of methoxy groups -OCH3 is 1. The van der Waals surface area contributed by atoms with Crippen LogP contribution in [0.4, 0.5) is 11.6 Å². The first-order valence-electron chi connectivity index (χ1n) is 11.2. The molecular formula is C27H24N6O2. The maximum Gasteiger partial charge on any atom is 0.259 e. The minimum atomic E-state index is -0.250. The van der Waals surface area contributed by atoms with Crippen LogP contribution < -0.4 is 15.4 Å². The van der Waals surface area contributed by atoms with E-state index in [1.54, 1.807) is 37.8 Å². The summed E-state index contributed by atoms with van der Waals surface area (Å²) in [7, 11) is 1.54. The average molecular weight is 465 g/mol. The van der Waals surface area contributed by atoms with Gasteiger partial charge >= 0.3 is 0 Å². The first-order valence-corrected chi connectivity index (χ1v) is 11.2. The lowest BCUT2D eigenvalue weighted by Gasteiger charge is -2.14. The molecule has 0 aliphatic rings. The molecule has 1 atom stereocenters. The van der Waals surface area contributed by atoms with E-state index >= 15 is 0 Å². The Labute approximate surface area is 202 Å². The Kier molecular flexibility index (Phi) is 6.09. The van der Waals surface area contributed by atoms with Gasteiger partial charge in [0.25, 0.3) is 5.91 Å². The molecule has 1 unspecified atom stereocenters. The molecule has 0 fully saturated rings. The second-order valence-electron chi connectivity index (χ2n) is 7.99. The van der Waals surface area contributed by atoms with E-state index < -0.39 is 0 Å². The Hall–Kier alpha value is -4.72. The molecule has 3 aromatic carbocycles. The van der Waals surface area contributed by atoms with Crippen molar-refractivity contribution < 1.29 is 9.53 Å². The van der Waals surface area contributed by atoms with E-state index in [0.29, 0.717) is 28.8 Å².